The van der Waals surface area contributed by atoms with Crippen LogP contribution in [0.2, 0.25) is 0 Å². The van der Waals surface area contributed by atoms with Crippen LogP contribution in [0.1, 0.15) is 29.0 Å². The number of esters is 1. The van der Waals surface area contributed by atoms with Gasteiger partial charge in [0.1, 0.15) is 12.0 Å². The lowest BCUT2D eigenvalue weighted by Crippen LogP contribution is -2.34. The minimum atomic E-state index is -0.434. The highest BCUT2D eigenvalue weighted by molar-refractivity contribution is 5.88. The predicted octanol–water partition coefficient (Wildman–Crippen LogP) is 0.434. The molecule has 1 aromatic rings. The Kier molecular flexibility index (Phi) is 3.99. The molecule has 0 aliphatic heterocycles. The first kappa shape index (κ1) is 12.6. The van der Waals surface area contributed by atoms with E-state index in [4.69, 9.17) is 4.42 Å². The van der Waals surface area contributed by atoms with Crippen molar-refractivity contribution in [1.29, 1.82) is 0 Å². The molecule has 0 atom stereocenters. The Hall–Kier alpha value is -1.82. The van der Waals surface area contributed by atoms with Crippen LogP contribution in [0.15, 0.2) is 16.7 Å². The van der Waals surface area contributed by atoms with Crippen LogP contribution < -0.4 is 10.6 Å². The number of ether oxygens (including phenoxy) is 1. The summed E-state index contributed by atoms with van der Waals surface area (Å²) in [7, 11) is 1.31. The average Bonchev–Trinajstić information content (AvgIpc) is 3.04. The van der Waals surface area contributed by atoms with E-state index >= 15 is 0 Å². The van der Waals surface area contributed by atoms with Gasteiger partial charge in [0.05, 0.1) is 25.8 Å². The van der Waals surface area contributed by atoms with E-state index in [1.807, 2.05) is 0 Å². The molecule has 2 N–H and O–H groups in total. The molecular formula is C12H16N2O4. The lowest BCUT2D eigenvalue weighted by atomic mass is 10.3. The SMILES string of the molecule is COC(=O)c1coc(CNCC(=O)NC2CC2)c1. The Bertz CT molecular complexity index is 437. The van der Waals surface area contributed by atoms with E-state index in [1.54, 1.807) is 6.07 Å². The molecule has 0 bridgehead atoms. The highest BCUT2D eigenvalue weighted by Crippen LogP contribution is 2.18. The van der Waals surface area contributed by atoms with Gasteiger partial charge in [-0.15, -0.1) is 0 Å². The summed E-state index contributed by atoms with van der Waals surface area (Å²) in [5.74, 6) is 0.142. The summed E-state index contributed by atoms with van der Waals surface area (Å²) in [5, 5.41) is 5.81. The molecule has 0 aromatic carbocycles. The molecule has 1 heterocycles. The molecule has 1 saturated carbocycles. The predicted molar refractivity (Wildman–Crippen MR) is 62.9 cm³/mol. The van der Waals surface area contributed by atoms with E-state index in [0.717, 1.165) is 12.8 Å². The Morgan fingerprint density at radius 2 is 2.28 bits per heavy atom. The van der Waals surface area contributed by atoms with Gasteiger partial charge in [-0.3, -0.25) is 4.79 Å². The fourth-order valence-electron chi connectivity index (χ4n) is 1.50. The fraction of sp³-hybridized carbons (Fsp3) is 0.500. The summed E-state index contributed by atoms with van der Waals surface area (Å²) in [6, 6.07) is 1.96. The summed E-state index contributed by atoms with van der Waals surface area (Å²) in [5.41, 5.74) is 0.372. The Morgan fingerprint density at radius 1 is 1.50 bits per heavy atom. The monoisotopic (exact) mass is 252 g/mol. The molecule has 0 saturated heterocycles. The second kappa shape index (κ2) is 5.68. The standard InChI is InChI=1S/C12H16N2O4/c1-17-12(16)8-4-10(18-7-8)5-13-6-11(15)14-9-2-3-9/h4,7,9,13H,2-3,5-6H2,1H3,(H,14,15). The number of methoxy groups -OCH3 is 1. The zero-order valence-electron chi connectivity index (χ0n) is 10.2. The molecule has 0 spiro atoms. The van der Waals surface area contributed by atoms with Crippen molar-refractivity contribution < 1.29 is 18.7 Å². The smallest absolute Gasteiger partial charge is 0.341 e. The molecular weight excluding hydrogens is 236 g/mol. The number of amides is 1. The third-order valence-corrected chi connectivity index (χ3v) is 2.60. The Morgan fingerprint density at radius 3 is 2.94 bits per heavy atom. The van der Waals surface area contributed by atoms with Gasteiger partial charge in [0.15, 0.2) is 0 Å². The maximum absolute atomic E-state index is 11.4. The molecule has 18 heavy (non-hydrogen) atoms. The average molecular weight is 252 g/mol. The van der Waals surface area contributed by atoms with Crippen LogP contribution in [-0.4, -0.2) is 31.6 Å². The number of carbonyl (C=O) groups is 2. The molecule has 1 amide bonds. The number of rotatable bonds is 6. The zero-order valence-corrected chi connectivity index (χ0v) is 10.2. The third kappa shape index (κ3) is 3.59. The van der Waals surface area contributed by atoms with Crippen LogP contribution in [0.25, 0.3) is 0 Å². The maximum atomic E-state index is 11.4. The van der Waals surface area contributed by atoms with Crippen molar-refractivity contribution in [1.82, 2.24) is 10.6 Å². The summed E-state index contributed by atoms with van der Waals surface area (Å²) >= 11 is 0. The van der Waals surface area contributed by atoms with E-state index in [9.17, 15) is 9.59 Å². The first-order valence-electron chi connectivity index (χ1n) is 5.85. The van der Waals surface area contributed by atoms with Crippen molar-refractivity contribution in [2.24, 2.45) is 0 Å². The van der Waals surface area contributed by atoms with Crippen molar-refractivity contribution in [2.45, 2.75) is 25.4 Å². The largest absolute Gasteiger partial charge is 0.467 e. The minimum absolute atomic E-state index is 0.0164. The van der Waals surface area contributed by atoms with Crippen molar-refractivity contribution >= 4 is 11.9 Å². The van der Waals surface area contributed by atoms with Gasteiger partial charge >= 0.3 is 5.97 Å². The van der Waals surface area contributed by atoms with Crippen LogP contribution in [0.3, 0.4) is 0 Å². The van der Waals surface area contributed by atoms with Gasteiger partial charge in [0.2, 0.25) is 5.91 Å². The van der Waals surface area contributed by atoms with Crippen molar-refractivity contribution in [3.05, 3.63) is 23.7 Å². The molecule has 1 aromatic heterocycles. The van der Waals surface area contributed by atoms with Crippen molar-refractivity contribution in [2.75, 3.05) is 13.7 Å². The number of furan rings is 1. The van der Waals surface area contributed by atoms with Gasteiger partial charge in [0.25, 0.3) is 0 Å². The zero-order chi connectivity index (χ0) is 13.0. The summed E-state index contributed by atoms with van der Waals surface area (Å²) in [6.07, 6.45) is 3.49. The summed E-state index contributed by atoms with van der Waals surface area (Å²) in [6.45, 7) is 0.639. The van der Waals surface area contributed by atoms with Crippen LogP contribution in [0.5, 0.6) is 0 Å². The molecule has 1 fully saturated rings. The van der Waals surface area contributed by atoms with Crippen molar-refractivity contribution in [3.8, 4) is 0 Å². The normalized spacial score (nSPS) is 14.3. The number of hydrogen-bond donors (Lipinski definition) is 2. The van der Waals surface area contributed by atoms with E-state index in [1.165, 1.54) is 13.4 Å². The fourth-order valence-corrected chi connectivity index (χ4v) is 1.50. The van der Waals surface area contributed by atoms with Gasteiger partial charge in [0, 0.05) is 6.04 Å². The van der Waals surface area contributed by atoms with E-state index in [0.29, 0.717) is 23.9 Å². The highest BCUT2D eigenvalue weighted by Gasteiger charge is 2.22. The lowest BCUT2D eigenvalue weighted by Gasteiger charge is -2.03. The quantitative estimate of drug-likeness (QED) is 0.718. The first-order chi connectivity index (χ1) is 8.69. The Balaban J connectivity index is 1.70. The van der Waals surface area contributed by atoms with E-state index in [2.05, 4.69) is 15.4 Å². The van der Waals surface area contributed by atoms with Gasteiger partial charge in [-0.1, -0.05) is 0 Å². The highest BCUT2D eigenvalue weighted by atomic mass is 16.5. The molecule has 2 rings (SSSR count). The van der Waals surface area contributed by atoms with E-state index in [-0.39, 0.29) is 12.5 Å². The van der Waals surface area contributed by atoms with Crippen LogP contribution in [0.4, 0.5) is 0 Å². The van der Waals surface area contributed by atoms with Gasteiger partial charge in [-0.2, -0.15) is 0 Å². The van der Waals surface area contributed by atoms with Gasteiger partial charge in [-0.25, -0.2) is 4.79 Å². The van der Waals surface area contributed by atoms with Gasteiger partial charge in [-0.05, 0) is 18.9 Å². The van der Waals surface area contributed by atoms with Gasteiger partial charge < -0.3 is 19.8 Å². The molecule has 1 aliphatic rings. The van der Waals surface area contributed by atoms with E-state index < -0.39 is 5.97 Å². The third-order valence-electron chi connectivity index (χ3n) is 2.60. The number of carbonyl (C=O) groups excluding carboxylic acids is 2. The Labute approximate surface area is 105 Å². The first-order valence-corrected chi connectivity index (χ1v) is 5.85. The van der Waals surface area contributed by atoms with Crippen LogP contribution in [-0.2, 0) is 16.1 Å². The van der Waals surface area contributed by atoms with Crippen LogP contribution >= 0.6 is 0 Å². The molecule has 0 unspecified atom stereocenters. The summed E-state index contributed by atoms with van der Waals surface area (Å²) < 4.78 is 9.73. The van der Waals surface area contributed by atoms with Crippen molar-refractivity contribution in [3.63, 3.8) is 0 Å². The molecule has 1 aliphatic carbocycles. The molecule has 0 radical (unpaired) electrons. The maximum Gasteiger partial charge on any atom is 0.341 e. The van der Waals surface area contributed by atoms with Crippen LogP contribution in [0, 0.1) is 0 Å². The summed E-state index contributed by atoms with van der Waals surface area (Å²) in [4.78, 5) is 22.5. The number of hydrogen-bond acceptors (Lipinski definition) is 5. The molecule has 6 nitrogen and oxygen atoms in total. The molecule has 98 valence electrons. The lowest BCUT2D eigenvalue weighted by molar-refractivity contribution is -0.120. The molecule has 6 heteroatoms. The number of nitrogens with one attached hydrogen (secondary N) is 2. The topological polar surface area (TPSA) is 80.6 Å². The minimum Gasteiger partial charge on any atom is -0.467 e. The second-order valence-electron chi connectivity index (χ2n) is 4.24. The second-order valence-corrected chi connectivity index (χ2v) is 4.24.